The molecule has 0 bridgehead atoms. The molecule has 1 N–H and O–H groups in total. The van der Waals surface area contributed by atoms with E-state index in [2.05, 4.69) is 10.2 Å². The quantitative estimate of drug-likeness (QED) is 0.919. The minimum atomic E-state index is -4.39. The molecular formula is C17H23F3N2O. The van der Waals surface area contributed by atoms with Crippen LogP contribution in [0.25, 0.3) is 0 Å². The third-order valence-corrected chi connectivity index (χ3v) is 4.37. The molecule has 0 radical (unpaired) electrons. The Morgan fingerprint density at radius 2 is 1.91 bits per heavy atom. The monoisotopic (exact) mass is 328 g/mol. The topological polar surface area (TPSA) is 32.3 Å². The molecule has 2 rings (SSSR count). The van der Waals surface area contributed by atoms with Gasteiger partial charge < -0.3 is 10.2 Å². The normalized spacial score (nSPS) is 18.7. The zero-order valence-electron chi connectivity index (χ0n) is 13.5. The predicted octanol–water partition coefficient (Wildman–Crippen LogP) is 3.41. The second kappa shape index (κ2) is 7.34. The molecule has 128 valence electrons. The number of likely N-dealkylation sites (tertiary alicyclic amines) is 1. The maximum Gasteiger partial charge on any atom is 0.416 e. The van der Waals surface area contributed by atoms with Gasteiger partial charge in [-0.2, -0.15) is 13.2 Å². The van der Waals surface area contributed by atoms with Crippen LogP contribution in [0.1, 0.15) is 43.2 Å². The van der Waals surface area contributed by atoms with Gasteiger partial charge in [-0.1, -0.05) is 25.1 Å². The minimum absolute atomic E-state index is 0.0689. The van der Waals surface area contributed by atoms with Crippen molar-refractivity contribution in [3.05, 3.63) is 35.4 Å². The van der Waals surface area contributed by atoms with E-state index in [-0.39, 0.29) is 23.9 Å². The van der Waals surface area contributed by atoms with E-state index in [0.717, 1.165) is 32.0 Å². The lowest BCUT2D eigenvalue weighted by atomic mass is 9.92. The molecule has 1 aromatic rings. The lowest BCUT2D eigenvalue weighted by Gasteiger charge is -2.29. The summed E-state index contributed by atoms with van der Waals surface area (Å²) in [6, 6.07) is 5.61. The average molecular weight is 328 g/mol. The molecule has 1 heterocycles. The number of nitrogens with zero attached hydrogens (tertiary/aromatic N) is 1. The molecule has 0 aliphatic carbocycles. The van der Waals surface area contributed by atoms with Gasteiger partial charge in [0.2, 0.25) is 5.91 Å². The Labute approximate surface area is 134 Å². The molecule has 0 spiro atoms. The van der Waals surface area contributed by atoms with Gasteiger partial charge in [0.25, 0.3) is 0 Å². The lowest BCUT2D eigenvalue weighted by molar-refractivity contribution is -0.138. The summed E-state index contributed by atoms with van der Waals surface area (Å²) in [6.45, 7) is 3.52. The third kappa shape index (κ3) is 4.96. The first-order chi connectivity index (χ1) is 10.8. The van der Waals surface area contributed by atoms with Gasteiger partial charge in [-0.15, -0.1) is 0 Å². The molecule has 1 aromatic carbocycles. The number of carbonyl (C=O) groups excluding carboxylic acids is 1. The van der Waals surface area contributed by atoms with Gasteiger partial charge >= 0.3 is 6.18 Å². The van der Waals surface area contributed by atoms with Gasteiger partial charge in [-0.3, -0.25) is 4.79 Å². The van der Waals surface area contributed by atoms with Crippen molar-refractivity contribution in [2.75, 3.05) is 20.1 Å². The molecular weight excluding hydrogens is 305 g/mol. The highest BCUT2D eigenvalue weighted by Gasteiger charge is 2.34. The minimum Gasteiger partial charge on any atom is -0.353 e. The largest absolute Gasteiger partial charge is 0.416 e. The number of carbonyl (C=O) groups is 1. The number of nitrogens with one attached hydrogen (secondary N) is 1. The molecule has 3 nitrogen and oxygen atoms in total. The van der Waals surface area contributed by atoms with Crippen molar-refractivity contribution in [1.82, 2.24) is 10.2 Å². The number of halogens is 3. The van der Waals surface area contributed by atoms with Crippen molar-refractivity contribution in [2.24, 2.45) is 0 Å². The summed E-state index contributed by atoms with van der Waals surface area (Å²) in [5, 5.41) is 2.95. The zero-order chi connectivity index (χ0) is 17.0. The van der Waals surface area contributed by atoms with Gasteiger partial charge in [0.15, 0.2) is 0 Å². The summed E-state index contributed by atoms with van der Waals surface area (Å²) in [7, 11) is 2.04. The number of amides is 1. The molecule has 1 aliphatic rings. The van der Waals surface area contributed by atoms with Crippen LogP contribution in [-0.4, -0.2) is 37.0 Å². The first kappa shape index (κ1) is 17.8. The molecule has 1 atom stereocenters. The van der Waals surface area contributed by atoms with E-state index in [0.29, 0.717) is 0 Å². The summed E-state index contributed by atoms with van der Waals surface area (Å²) < 4.78 is 39.2. The van der Waals surface area contributed by atoms with Crippen LogP contribution in [0.15, 0.2) is 24.3 Å². The molecule has 0 aromatic heterocycles. The molecule has 1 saturated heterocycles. The van der Waals surface area contributed by atoms with Gasteiger partial charge in [-0.05, 0) is 50.5 Å². The summed E-state index contributed by atoms with van der Waals surface area (Å²) in [5.74, 6) is -0.650. The van der Waals surface area contributed by atoms with Gasteiger partial charge in [0.05, 0.1) is 5.56 Å². The van der Waals surface area contributed by atoms with Crippen LogP contribution in [0.5, 0.6) is 0 Å². The molecule has 0 saturated carbocycles. The van der Waals surface area contributed by atoms with Crippen LogP contribution < -0.4 is 5.32 Å². The van der Waals surface area contributed by atoms with Crippen molar-refractivity contribution >= 4 is 5.91 Å². The molecule has 1 aliphatic heterocycles. The van der Waals surface area contributed by atoms with Crippen LogP contribution in [0.4, 0.5) is 13.2 Å². The molecule has 6 heteroatoms. The summed E-state index contributed by atoms with van der Waals surface area (Å²) in [6.07, 6.45) is -2.56. The fourth-order valence-corrected chi connectivity index (χ4v) is 3.01. The second-order valence-electron chi connectivity index (χ2n) is 6.34. The highest BCUT2D eigenvalue weighted by molar-refractivity contribution is 5.77. The van der Waals surface area contributed by atoms with Crippen molar-refractivity contribution in [2.45, 2.75) is 44.3 Å². The van der Waals surface area contributed by atoms with Gasteiger partial charge in [0, 0.05) is 12.5 Å². The van der Waals surface area contributed by atoms with E-state index in [1.54, 1.807) is 13.0 Å². The number of benzene rings is 1. The fourth-order valence-electron chi connectivity index (χ4n) is 3.01. The van der Waals surface area contributed by atoms with Crippen LogP contribution in [0.2, 0.25) is 0 Å². The van der Waals surface area contributed by atoms with Crippen LogP contribution in [0.3, 0.4) is 0 Å². The van der Waals surface area contributed by atoms with Crippen molar-refractivity contribution < 1.29 is 18.0 Å². The Morgan fingerprint density at radius 1 is 1.30 bits per heavy atom. The summed E-state index contributed by atoms with van der Waals surface area (Å²) >= 11 is 0. The van der Waals surface area contributed by atoms with E-state index in [1.165, 1.54) is 12.1 Å². The Morgan fingerprint density at radius 3 is 2.52 bits per heavy atom. The van der Waals surface area contributed by atoms with E-state index < -0.39 is 17.7 Å². The number of rotatable bonds is 4. The van der Waals surface area contributed by atoms with Crippen LogP contribution >= 0.6 is 0 Å². The molecule has 23 heavy (non-hydrogen) atoms. The Balaban J connectivity index is 1.96. The Hall–Kier alpha value is -1.56. The number of hydrogen-bond donors (Lipinski definition) is 1. The van der Waals surface area contributed by atoms with Crippen molar-refractivity contribution in [3.8, 4) is 0 Å². The molecule has 1 unspecified atom stereocenters. The SMILES string of the molecule is CC(CC(=O)NC1CCN(C)CC1)c1ccccc1C(F)(F)F. The highest BCUT2D eigenvalue weighted by atomic mass is 19.4. The van der Waals surface area contributed by atoms with E-state index in [9.17, 15) is 18.0 Å². The number of alkyl halides is 3. The highest BCUT2D eigenvalue weighted by Crippen LogP contribution is 2.35. The number of hydrogen-bond acceptors (Lipinski definition) is 2. The molecule has 1 amide bonds. The van der Waals surface area contributed by atoms with Crippen LogP contribution in [-0.2, 0) is 11.0 Å². The Kier molecular flexibility index (Phi) is 5.68. The maximum atomic E-state index is 13.1. The fraction of sp³-hybridized carbons (Fsp3) is 0.588. The van der Waals surface area contributed by atoms with E-state index >= 15 is 0 Å². The Bertz CT molecular complexity index is 537. The van der Waals surface area contributed by atoms with Crippen molar-refractivity contribution in [1.29, 1.82) is 0 Å². The smallest absolute Gasteiger partial charge is 0.353 e. The summed E-state index contributed by atoms with van der Waals surface area (Å²) in [4.78, 5) is 14.3. The first-order valence-electron chi connectivity index (χ1n) is 7.91. The van der Waals surface area contributed by atoms with Gasteiger partial charge in [0.1, 0.15) is 0 Å². The second-order valence-corrected chi connectivity index (χ2v) is 6.34. The maximum absolute atomic E-state index is 13.1. The van der Waals surface area contributed by atoms with Crippen LogP contribution in [0, 0.1) is 0 Å². The predicted molar refractivity (Wildman–Crippen MR) is 83.1 cm³/mol. The first-order valence-corrected chi connectivity index (χ1v) is 7.91. The van der Waals surface area contributed by atoms with Crippen molar-refractivity contribution in [3.63, 3.8) is 0 Å². The average Bonchev–Trinajstić information content (AvgIpc) is 2.48. The third-order valence-electron chi connectivity index (χ3n) is 4.37. The standard InChI is InChI=1S/C17H23F3N2O/c1-12(14-5-3-4-6-15(14)17(18,19)20)11-16(23)21-13-7-9-22(2)10-8-13/h3-6,12-13H,7-11H2,1-2H3,(H,21,23). The lowest BCUT2D eigenvalue weighted by Crippen LogP contribution is -2.43. The zero-order valence-corrected chi connectivity index (χ0v) is 13.5. The summed E-state index contributed by atoms with van der Waals surface area (Å²) in [5.41, 5.74) is -0.474. The molecule has 1 fully saturated rings. The number of piperidine rings is 1. The van der Waals surface area contributed by atoms with E-state index in [4.69, 9.17) is 0 Å². The van der Waals surface area contributed by atoms with Gasteiger partial charge in [-0.25, -0.2) is 0 Å². The van der Waals surface area contributed by atoms with E-state index in [1.807, 2.05) is 7.05 Å².